The molecular weight excluding hydrogens is 308 g/mol. The van der Waals surface area contributed by atoms with Crippen molar-refractivity contribution in [3.05, 3.63) is 33.7 Å². The van der Waals surface area contributed by atoms with Gasteiger partial charge >= 0.3 is 0 Å². The van der Waals surface area contributed by atoms with Crippen molar-refractivity contribution in [2.24, 2.45) is 7.05 Å². The summed E-state index contributed by atoms with van der Waals surface area (Å²) in [5.74, 6) is 0.785. The van der Waals surface area contributed by atoms with E-state index in [4.69, 9.17) is 4.74 Å². The van der Waals surface area contributed by atoms with Gasteiger partial charge in [0.2, 0.25) is 5.88 Å². The first-order chi connectivity index (χ1) is 9.02. The Bertz CT molecular complexity index is 595. The molecule has 6 heteroatoms. The van der Waals surface area contributed by atoms with Gasteiger partial charge in [0.25, 0.3) is 0 Å². The van der Waals surface area contributed by atoms with Gasteiger partial charge in [-0.05, 0) is 41.9 Å². The molecule has 0 bridgehead atoms. The number of hydrogen-bond donors (Lipinski definition) is 1. The van der Waals surface area contributed by atoms with Gasteiger partial charge in [-0.25, -0.2) is 9.67 Å². The van der Waals surface area contributed by atoms with Gasteiger partial charge in [0.15, 0.2) is 0 Å². The predicted molar refractivity (Wildman–Crippen MR) is 78.5 cm³/mol. The van der Waals surface area contributed by atoms with Crippen LogP contribution in [0, 0.1) is 13.8 Å². The molecule has 19 heavy (non-hydrogen) atoms. The third kappa shape index (κ3) is 2.89. The summed E-state index contributed by atoms with van der Waals surface area (Å²) < 4.78 is 7.96. The Kier molecular flexibility index (Phi) is 4.09. The number of nitrogens with one attached hydrogen (secondary N) is 1. The van der Waals surface area contributed by atoms with Crippen molar-refractivity contribution >= 4 is 21.6 Å². The molecule has 2 rings (SSSR count). The molecule has 0 unspecified atom stereocenters. The fourth-order valence-electron chi connectivity index (χ4n) is 2.04. The van der Waals surface area contributed by atoms with Crippen molar-refractivity contribution in [2.75, 3.05) is 12.4 Å². The highest BCUT2D eigenvalue weighted by Crippen LogP contribution is 2.23. The van der Waals surface area contributed by atoms with Crippen molar-refractivity contribution in [1.29, 1.82) is 0 Å². The number of ether oxygens (including phenoxy) is 1. The third-order valence-electron chi connectivity index (χ3n) is 2.99. The predicted octanol–water partition coefficient (Wildman–Crippen LogP) is 2.82. The van der Waals surface area contributed by atoms with Crippen LogP contribution in [0.1, 0.15) is 17.0 Å². The highest BCUT2D eigenvalue weighted by atomic mass is 79.9. The summed E-state index contributed by atoms with van der Waals surface area (Å²) in [7, 11) is 3.54. The number of hydrogen-bond acceptors (Lipinski definition) is 4. The molecule has 1 N–H and O–H groups in total. The third-order valence-corrected chi connectivity index (χ3v) is 3.43. The summed E-state index contributed by atoms with van der Waals surface area (Å²) in [5, 5.41) is 7.73. The van der Waals surface area contributed by atoms with Gasteiger partial charge in [0.05, 0.1) is 29.7 Å². The van der Waals surface area contributed by atoms with E-state index in [1.165, 1.54) is 0 Å². The van der Waals surface area contributed by atoms with Gasteiger partial charge in [-0.2, -0.15) is 5.10 Å². The van der Waals surface area contributed by atoms with Gasteiger partial charge in [-0.15, -0.1) is 0 Å². The SMILES string of the molecule is COc1c(CNc2ccc(Br)nc2C)c(C)nn1C. The molecule has 0 atom stereocenters. The molecule has 5 nitrogen and oxygen atoms in total. The largest absolute Gasteiger partial charge is 0.481 e. The van der Waals surface area contributed by atoms with E-state index in [1.807, 2.05) is 33.0 Å². The van der Waals surface area contributed by atoms with Gasteiger partial charge in [0, 0.05) is 13.6 Å². The van der Waals surface area contributed by atoms with Gasteiger partial charge in [-0.3, -0.25) is 0 Å². The van der Waals surface area contributed by atoms with Crippen molar-refractivity contribution in [2.45, 2.75) is 20.4 Å². The molecule has 0 fully saturated rings. The Labute approximate surface area is 121 Å². The zero-order valence-electron chi connectivity index (χ0n) is 11.5. The van der Waals surface area contributed by atoms with E-state index in [9.17, 15) is 0 Å². The lowest BCUT2D eigenvalue weighted by molar-refractivity contribution is 0.370. The van der Waals surface area contributed by atoms with Crippen molar-refractivity contribution in [3.8, 4) is 5.88 Å². The number of rotatable bonds is 4. The zero-order chi connectivity index (χ0) is 14.0. The molecule has 0 saturated carbocycles. The smallest absolute Gasteiger partial charge is 0.216 e. The Morgan fingerprint density at radius 3 is 2.68 bits per heavy atom. The highest BCUT2D eigenvalue weighted by Gasteiger charge is 2.13. The number of aromatic nitrogens is 3. The lowest BCUT2D eigenvalue weighted by Gasteiger charge is -2.10. The maximum absolute atomic E-state index is 5.37. The van der Waals surface area contributed by atoms with Crippen LogP contribution >= 0.6 is 15.9 Å². The van der Waals surface area contributed by atoms with Crippen molar-refractivity contribution in [1.82, 2.24) is 14.8 Å². The summed E-state index contributed by atoms with van der Waals surface area (Å²) in [6.07, 6.45) is 0. The number of nitrogens with zero attached hydrogens (tertiary/aromatic N) is 3. The molecule has 2 aromatic heterocycles. The number of methoxy groups -OCH3 is 1. The molecule has 102 valence electrons. The molecule has 0 aliphatic carbocycles. The van der Waals surface area contributed by atoms with E-state index in [0.717, 1.165) is 33.1 Å². The van der Waals surface area contributed by atoms with Gasteiger partial charge in [0.1, 0.15) is 4.60 Å². The average Bonchev–Trinajstić information content (AvgIpc) is 2.62. The Hall–Kier alpha value is -1.56. The summed E-state index contributed by atoms with van der Waals surface area (Å²) in [6, 6.07) is 3.92. The minimum atomic E-state index is 0.660. The zero-order valence-corrected chi connectivity index (χ0v) is 13.1. The molecule has 0 radical (unpaired) electrons. The molecular formula is C13H17BrN4O. The fraction of sp³-hybridized carbons (Fsp3) is 0.385. The van der Waals surface area contributed by atoms with E-state index < -0.39 is 0 Å². The molecule has 2 heterocycles. The van der Waals surface area contributed by atoms with Crippen LogP contribution in [-0.4, -0.2) is 21.9 Å². The first-order valence-electron chi connectivity index (χ1n) is 5.96. The molecule has 0 spiro atoms. The van der Waals surface area contributed by atoms with Crippen LogP contribution in [-0.2, 0) is 13.6 Å². The van der Waals surface area contributed by atoms with E-state index in [2.05, 4.69) is 31.3 Å². The number of aryl methyl sites for hydroxylation is 3. The maximum Gasteiger partial charge on any atom is 0.216 e. The van der Waals surface area contributed by atoms with E-state index in [0.29, 0.717) is 6.54 Å². The summed E-state index contributed by atoms with van der Waals surface area (Å²) >= 11 is 3.36. The summed E-state index contributed by atoms with van der Waals surface area (Å²) in [5.41, 5.74) is 3.99. The second-order valence-electron chi connectivity index (χ2n) is 4.32. The lowest BCUT2D eigenvalue weighted by Crippen LogP contribution is -2.04. The van der Waals surface area contributed by atoms with Crippen LogP contribution in [0.25, 0.3) is 0 Å². The summed E-state index contributed by atoms with van der Waals surface area (Å²) in [4.78, 5) is 4.36. The highest BCUT2D eigenvalue weighted by molar-refractivity contribution is 9.10. The molecule has 0 aliphatic heterocycles. The van der Waals surface area contributed by atoms with Crippen LogP contribution in [0.15, 0.2) is 16.7 Å². The second kappa shape index (κ2) is 5.61. The van der Waals surface area contributed by atoms with Crippen LogP contribution in [0.2, 0.25) is 0 Å². The van der Waals surface area contributed by atoms with Crippen LogP contribution < -0.4 is 10.1 Å². The number of halogens is 1. The topological polar surface area (TPSA) is 52.0 Å². The molecule has 0 aromatic carbocycles. The van der Waals surface area contributed by atoms with Gasteiger partial charge in [-0.1, -0.05) is 0 Å². The molecule has 0 amide bonds. The molecule has 0 saturated heterocycles. The van der Waals surface area contributed by atoms with E-state index in [-0.39, 0.29) is 0 Å². The Morgan fingerprint density at radius 1 is 1.32 bits per heavy atom. The minimum absolute atomic E-state index is 0.660. The quantitative estimate of drug-likeness (QED) is 0.879. The van der Waals surface area contributed by atoms with Crippen LogP contribution in [0.5, 0.6) is 5.88 Å². The van der Waals surface area contributed by atoms with Crippen molar-refractivity contribution < 1.29 is 4.74 Å². The fourth-order valence-corrected chi connectivity index (χ4v) is 2.44. The second-order valence-corrected chi connectivity index (χ2v) is 5.13. The maximum atomic E-state index is 5.37. The lowest BCUT2D eigenvalue weighted by atomic mass is 10.2. The number of anilines is 1. The first kappa shape index (κ1) is 13.9. The Balaban J connectivity index is 2.19. The Morgan fingerprint density at radius 2 is 2.05 bits per heavy atom. The van der Waals surface area contributed by atoms with Crippen LogP contribution in [0.4, 0.5) is 5.69 Å². The molecule has 0 aliphatic rings. The molecule has 2 aromatic rings. The minimum Gasteiger partial charge on any atom is -0.481 e. The monoisotopic (exact) mass is 324 g/mol. The van der Waals surface area contributed by atoms with E-state index >= 15 is 0 Å². The van der Waals surface area contributed by atoms with Crippen molar-refractivity contribution in [3.63, 3.8) is 0 Å². The van der Waals surface area contributed by atoms with E-state index in [1.54, 1.807) is 11.8 Å². The summed E-state index contributed by atoms with van der Waals surface area (Å²) in [6.45, 7) is 4.61. The average molecular weight is 325 g/mol. The standard InChI is InChI=1S/C13H17BrN4O/c1-8-10(13(19-4)18(3)17-8)7-15-11-5-6-12(14)16-9(11)2/h5-6,15H,7H2,1-4H3. The first-order valence-corrected chi connectivity index (χ1v) is 6.75. The number of pyridine rings is 1. The van der Waals surface area contributed by atoms with Gasteiger partial charge < -0.3 is 10.1 Å². The normalized spacial score (nSPS) is 10.6. The van der Waals surface area contributed by atoms with Crippen LogP contribution in [0.3, 0.4) is 0 Å².